The Balaban J connectivity index is 0.000000162. The second-order valence-corrected chi connectivity index (χ2v) is 42.0. The molecule has 0 saturated heterocycles. The van der Waals surface area contributed by atoms with Gasteiger partial charge in [0.15, 0.2) is 0 Å². The van der Waals surface area contributed by atoms with Crippen LogP contribution >= 0.6 is 0 Å². The second-order valence-electron chi connectivity index (χ2n) is 42.0. The summed E-state index contributed by atoms with van der Waals surface area (Å²) >= 11 is 0. The third-order valence-corrected chi connectivity index (χ3v) is 32.1. The Labute approximate surface area is 869 Å². The number of fused-ring (bicyclic) bond motifs is 8. The van der Waals surface area contributed by atoms with Crippen LogP contribution in [0, 0.1) is 6.92 Å². The van der Waals surface area contributed by atoms with E-state index in [9.17, 15) is 0 Å². The quantitative estimate of drug-likeness (QED) is 0.0488. The van der Waals surface area contributed by atoms with E-state index < -0.39 is 10.8 Å². The van der Waals surface area contributed by atoms with Crippen molar-refractivity contribution in [1.29, 1.82) is 0 Å². The average molecular weight is 1900 g/mol. The van der Waals surface area contributed by atoms with Gasteiger partial charge in [-0.3, -0.25) is 0 Å². The Bertz CT molecular complexity index is 7870. The molecule has 0 fully saturated rings. The highest BCUT2D eigenvalue weighted by molar-refractivity contribution is 5.93. The van der Waals surface area contributed by atoms with E-state index in [0.29, 0.717) is 23.7 Å². The Hall–Kier alpha value is -16.4. The van der Waals surface area contributed by atoms with Crippen LogP contribution in [0.1, 0.15) is 198 Å². The summed E-state index contributed by atoms with van der Waals surface area (Å²) in [5, 5.41) is 0. The normalized spacial score (nSPS) is 15.2. The van der Waals surface area contributed by atoms with E-state index in [1.165, 1.54) is 181 Å². The van der Waals surface area contributed by atoms with Crippen molar-refractivity contribution in [1.82, 2.24) is 0 Å². The SMILES string of the molecule is CCC(CC(C)c1ccc(Oc2ccc(C3(c4ccc(C(C)(C)C)cc4)c4ccccc4-c4ccc(N(c5ccc(-c6ccccc6)cc5)c5ccc(-c6ccccc6)cc5)cc43)cc2)cc1)c1ccc2c(c1)CC2.CCC(CC(C)c1ccc(Oc2ccc(C3(c4ccc(C)cc4)c4ccccc4-c4ccc(N(c5ccc(-c6ccccc6)cc5)c5ccc(-c6ccccc6)cc5)cc43)cc2)cc1)c1ccc2c(c1)CC2. The Morgan fingerprint density at radius 2 is 0.510 bits per heavy atom. The van der Waals surface area contributed by atoms with Gasteiger partial charge in [0.1, 0.15) is 23.0 Å². The predicted octanol–water partition coefficient (Wildman–Crippen LogP) is 38.5. The van der Waals surface area contributed by atoms with Crippen LogP contribution in [0.4, 0.5) is 34.1 Å². The van der Waals surface area contributed by atoms with Gasteiger partial charge in [0.05, 0.1) is 10.8 Å². The van der Waals surface area contributed by atoms with Gasteiger partial charge in [-0.15, -0.1) is 0 Å². The third-order valence-electron chi connectivity index (χ3n) is 32.1. The fraction of sp³-hybridized carbons (Fsp3) is 0.161. The summed E-state index contributed by atoms with van der Waals surface area (Å²) in [6.45, 7) is 18.5. The van der Waals surface area contributed by atoms with E-state index in [-0.39, 0.29) is 5.41 Å². The van der Waals surface area contributed by atoms with Gasteiger partial charge in [0.2, 0.25) is 0 Å². The summed E-state index contributed by atoms with van der Waals surface area (Å²) < 4.78 is 13.3. The molecule has 147 heavy (non-hydrogen) atoms. The molecule has 20 aromatic carbocycles. The first kappa shape index (κ1) is 94.2. The van der Waals surface area contributed by atoms with Crippen LogP contribution in [0.3, 0.4) is 0 Å². The van der Waals surface area contributed by atoms with Gasteiger partial charge >= 0.3 is 0 Å². The number of nitrogens with zero attached hydrogens (tertiary/aromatic N) is 2. The van der Waals surface area contributed by atoms with E-state index in [2.05, 4.69) is 550 Å². The molecule has 0 heterocycles. The van der Waals surface area contributed by atoms with Gasteiger partial charge in [-0.2, -0.15) is 0 Å². The van der Waals surface area contributed by atoms with Gasteiger partial charge in [-0.25, -0.2) is 0 Å². The first-order valence-corrected chi connectivity index (χ1v) is 53.0. The molecule has 6 atom stereocenters. The van der Waals surface area contributed by atoms with Crippen LogP contribution in [0.25, 0.3) is 66.8 Å². The molecule has 20 aromatic rings. The highest BCUT2D eigenvalue weighted by Gasteiger charge is 2.49. The summed E-state index contributed by atoms with van der Waals surface area (Å²) in [6, 6.07) is 179. The summed E-state index contributed by atoms with van der Waals surface area (Å²) in [5.41, 5.74) is 44.1. The van der Waals surface area contributed by atoms with Gasteiger partial charge in [-0.1, -0.05) is 418 Å². The van der Waals surface area contributed by atoms with Gasteiger partial charge < -0.3 is 19.3 Å². The monoisotopic (exact) mass is 1900 g/mol. The summed E-state index contributed by atoms with van der Waals surface area (Å²) in [4.78, 5) is 4.82. The second kappa shape index (κ2) is 40.7. The molecule has 4 aliphatic carbocycles. The molecule has 6 unspecified atom stereocenters. The molecule has 0 radical (unpaired) electrons. The number of anilines is 6. The molecule has 4 heteroatoms. The van der Waals surface area contributed by atoms with Crippen molar-refractivity contribution in [2.75, 3.05) is 9.80 Å². The summed E-state index contributed by atoms with van der Waals surface area (Å²) in [6.07, 6.45) is 9.49. The first-order valence-electron chi connectivity index (χ1n) is 53.0. The molecule has 4 nitrogen and oxygen atoms in total. The van der Waals surface area contributed by atoms with Crippen molar-refractivity contribution in [2.24, 2.45) is 0 Å². The largest absolute Gasteiger partial charge is 0.457 e. The van der Waals surface area contributed by atoms with Gasteiger partial charge in [0, 0.05) is 34.1 Å². The van der Waals surface area contributed by atoms with E-state index in [1.54, 1.807) is 11.1 Å². The minimum Gasteiger partial charge on any atom is -0.457 e. The van der Waals surface area contributed by atoms with Crippen molar-refractivity contribution in [3.05, 3.63) is 585 Å². The fourth-order valence-electron chi connectivity index (χ4n) is 23.7. The number of rotatable bonds is 28. The van der Waals surface area contributed by atoms with E-state index >= 15 is 0 Å². The molecule has 0 bridgehead atoms. The lowest BCUT2D eigenvalue weighted by atomic mass is 9.67. The van der Waals surface area contributed by atoms with Crippen molar-refractivity contribution < 1.29 is 9.47 Å². The number of hydrogen-bond acceptors (Lipinski definition) is 4. The van der Waals surface area contributed by atoms with Crippen LogP contribution in [-0.2, 0) is 41.9 Å². The minimum atomic E-state index is -0.633. The highest BCUT2D eigenvalue weighted by Crippen LogP contribution is 2.61. The maximum atomic E-state index is 6.68. The number of hydrogen-bond donors (Lipinski definition) is 0. The summed E-state index contributed by atoms with van der Waals surface area (Å²) in [5.74, 6) is 5.31. The van der Waals surface area contributed by atoms with Gasteiger partial charge in [-0.05, 0) is 370 Å². The fourth-order valence-corrected chi connectivity index (χ4v) is 23.7. The lowest BCUT2D eigenvalue weighted by molar-refractivity contribution is 0.481. The topological polar surface area (TPSA) is 24.9 Å². The maximum Gasteiger partial charge on any atom is 0.127 e. The molecular weight excluding hydrogens is 1780 g/mol. The number of benzene rings is 20. The highest BCUT2D eigenvalue weighted by atomic mass is 16.5. The molecule has 24 rings (SSSR count). The molecule has 4 aliphatic rings. The molecule has 0 spiro atoms. The molecular formula is C143H124N2O2. The van der Waals surface area contributed by atoms with Crippen LogP contribution in [0.2, 0.25) is 0 Å². The van der Waals surface area contributed by atoms with Crippen LogP contribution in [0.5, 0.6) is 23.0 Å². The molecule has 0 aliphatic heterocycles. The third kappa shape index (κ3) is 18.5. The first-order chi connectivity index (χ1) is 72.1. The zero-order valence-electron chi connectivity index (χ0n) is 85.4. The molecule has 0 saturated carbocycles. The van der Waals surface area contributed by atoms with Crippen molar-refractivity contribution >= 4 is 34.1 Å². The van der Waals surface area contributed by atoms with E-state index in [0.717, 1.165) is 82.8 Å². The van der Waals surface area contributed by atoms with Gasteiger partial charge in [0.25, 0.3) is 0 Å². The Kier molecular flexibility index (Phi) is 26.1. The predicted molar refractivity (Wildman–Crippen MR) is 615 cm³/mol. The maximum absolute atomic E-state index is 6.68. The zero-order chi connectivity index (χ0) is 99.7. The van der Waals surface area contributed by atoms with Crippen molar-refractivity contribution in [2.45, 2.75) is 147 Å². The Morgan fingerprint density at radius 3 is 0.810 bits per heavy atom. The molecule has 0 amide bonds. The summed E-state index contributed by atoms with van der Waals surface area (Å²) in [7, 11) is 0. The zero-order valence-corrected chi connectivity index (χ0v) is 85.4. The lowest BCUT2D eigenvalue weighted by Gasteiger charge is -2.35. The van der Waals surface area contributed by atoms with Crippen LogP contribution in [0.15, 0.2) is 485 Å². The van der Waals surface area contributed by atoms with Crippen molar-refractivity contribution in [3.63, 3.8) is 0 Å². The molecule has 718 valence electrons. The molecule has 0 N–H and O–H groups in total. The standard InChI is InChI=1S/C73H65NO.C70H59NO/c1-6-51(58-23-21-57-22-24-59(57)48-58)47-50(2)52-29-42-66(43-30-52)75-67-44-35-62(36-45-67)73(61-33-31-60(32-34-61)72(3,4)5)70-20-14-13-19-68(70)69-46-41-65(49-71(69)73)74(63-37-25-55(26-38-63)53-15-9-7-10-16-53)64-39-27-56(28-40-64)54-17-11-8-12-18-54;1-4-50(57-23-21-56-22-24-58(56)46-57)45-49(3)51-29-40-64(41-30-51)72-65-42-33-60(34-43-65)70(59-31-19-48(2)20-32-59)68-18-12-11-17-66(68)67-44-39-63(47-69(67)70)71(61-35-25-54(26-36-61)52-13-7-5-8-14-52)62-37-27-55(28-38-62)53-15-9-6-10-16-53/h7-21,23,25-46,48-51H,6,22,24,47H2,1-5H3;5-21,23,25-44,46-47,49-50H,4,22,24,45H2,1-3H3. The minimum absolute atomic E-state index is 0.00670. The van der Waals surface area contributed by atoms with Crippen LogP contribution in [-0.4, -0.2) is 0 Å². The Morgan fingerprint density at radius 1 is 0.245 bits per heavy atom. The average Bonchev–Trinajstić information content (AvgIpc) is 1.54. The number of aryl methyl sites for hydroxylation is 5. The van der Waals surface area contributed by atoms with E-state index in [1.807, 2.05) is 0 Å². The lowest BCUT2D eigenvalue weighted by Crippen LogP contribution is -2.29. The van der Waals surface area contributed by atoms with Crippen molar-refractivity contribution in [3.8, 4) is 89.8 Å². The smallest absolute Gasteiger partial charge is 0.127 e. The molecule has 0 aromatic heterocycles. The number of ether oxygens (including phenoxy) is 2. The van der Waals surface area contributed by atoms with Crippen LogP contribution < -0.4 is 19.3 Å². The van der Waals surface area contributed by atoms with E-state index in [4.69, 9.17) is 9.47 Å².